The van der Waals surface area contributed by atoms with Crippen LogP contribution in [-0.4, -0.2) is 43.8 Å². The van der Waals surface area contributed by atoms with Crippen LogP contribution in [0.15, 0.2) is 6.33 Å². The van der Waals surface area contributed by atoms with Gasteiger partial charge in [0.1, 0.15) is 12.2 Å². The van der Waals surface area contributed by atoms with Crippen LogP contribution in [0.2, 0.25) is 0 Å². The molecule has 1 aromatic rings. The second kappa shape index (κ2) is 6.05. The quantitative estimate of drug-likeness (QED) is 0.906. The molecule has 0 atom stereocenters. The third kappa shape index (κ3) is 3.29. The van der Waals surface area contributed by atoms with Crippen LogP contribution in [0, 0.1) is 0 Å². The van der Waals surface area contributed by atoms with Crippen molar-refractivity contribution in [2.45, 2.75) is 78.0 Å². The minimum atomic E-state index is 0.149. The summed E-state index contributed by atoms with van der Waals surface area (Å²) in [6.45, 7) is 16.4. The first-order chi connectivity index (χ1) is 9.83. The Labute approximate surface area is 129 Å². The molecule has 0 amide bonds. The molecule has 0 aromatic carbocycles. The van der Waals surface area contributed by atoms with Gasteiger partial charge in [-0.2, -0.15) is 5.10 Å². The standard InChI is InChI=1S/C16H31N5/c1-7-16(8-2)10-18-15(5,6)11-20(16)9-14-17-12-19-21(14)13(3)4/h12-13,18H,7-11H2,1-6H3. The van der Waals surface area contributed by atoms with Gasteiger partial charge in [-0.15, -0.1) is 0 Å². The lowest BCUT2D eigenvalue weighted by molar-refractivity contribution is -0.000607. The summed E-state index contributed by atoms with van der Waals surface area (Å²) in [5.41, 5.74) is 0.375. The zero-order valence-electron chi connectivity index (χ0n) is 14.5. The highest BCUT2D eigenvalue weighted by Gasteiger charge is 2.42. The molecule has 0 saturated carbocycles. The molecular formula is C16H31N5. The first kappa shape index (κ1) is 16.4. The van der Waals surface area contributed by atoms with Crippen LogP contribution < -0.4 is 5.32 Å². The van der Waals surface area contributed by atoms with Crippen molar-refractivity contribution >= 4 is 0 Å². The van der Waals surface area contributed by atoms with E-state index in [0.717, 1.165) is 38.3 Å². The highest BCUT2D eigenvalue weighted by Crippen LogP contribution is 2.31. The summed E-state index contributed by atoms with van der Waals surface area (Å²) in [7, 11) is 0. The minimum Gasteiger partial charge on any atom is -0.309 e. The predicted octanol–water partition coefficient (Wildman–Crippen LogP) is 2.60. The van der Waals surface area contributed by atoms with Crippen LogP contribution in [0.3, 0.4) is 0 Å². The molecule has 1 saturated heterocycles. The Hall–Kier alpha value is -0.940. The number of hydrogen-bond acceptors (Lipinski definition) is 4. The van der Waals surface area contributed by atoms with E-state index in [1.807, 2.05) is 4.68 Å². The van der Waals surface area contributed by atoms with Crippen molar-refractivity contribution in [3.05, 3.63) is 12.2 Å². The third-order valence-electron chi connectivity index (χ3n) is 4.94. The van der Waals surface area contributed by atoms with E-state index in [2.05, 4.69) is 61.8 Å². The highest BCUT2D eigenvalue weighted by molar-refractivity contribution is 5.03. The largest absolute Gasteiger partial charge is 0.309 e. The highest BCUT2D eigenvalue weighted by atomic mass is 15.4. The van der Waals surface area contributed by atoms with E-state index in [0.29, 0.717) is 6.04 Å². The molecule has 2 rings (SSSR count). The molecule has 0 bridgehead atoms. The van der Waals surface area contributed by atoms with Crippen LogP contribution in [0.1, 0.15) is 66.3 Å². The average molecular weight is 293 g/mol. The predicted molar refractivity (Wildman–Crippen MR) is 86.2 cm³/mol. The second-order valence-corrected chi connectivity index (χ2v) is 7.24. The van der Waals surface area contributed by atoms with Gasteiger partial charge in [0.25, 0.3) is 0 Å². The summed E-state index contributed by atoms with van der Waals surface area (Å²) in [6, 6.07) is 0.357. The van der Waals surface area contributed by atoms with Crippen molar-refractivity contribution < 1.29 is 0 Å². The van der Waals surface area contributed by atoms with E-state index in [4.69, 9.17) is 0 Å². The van der Waals surface area contributed by atoms with Crippen molar-refractivity contribution in [2.24, 2.45) is 0 Å². The molecule has 1 aromatic heterocycles. The van der Waals surface area contributed by atoms with Crippen molar-refractivity contribution in [1.82, 2.24) is 25.0 Å². The number of piperazine rings is 1. The van der Waals surface area contributed by atoms with Gasteiger partial charge in [0, 0.05) is 30.2 Å². The molecule has 5 nitrogen and oxygen atoms in total. The van der Waals surface area contributed by atoms with Crippen molar-refractivity contribution in [2.75, 3.05) is 13.1 Å². The van der Waals surface area contributed by atoms with E-state index in [1.54, 1.807) is 6.33 Å². The number of rotatable bonds is 5. The Morgan fingerprint density at radius 1 is 1.29 bits per heavy atom. The number of hydrogen-bond donors (Lipinski definition) is 1. The summed E-state index contributed by atoms with van der Waals surface area (Å²) >= 11 is 0. The van der Waals surface area contributed by atoms with Crippen molar-refractivity contribution in [3.63, 3.8) is 0 Å². The number of nitrogens with zero attached hydrogens (tertiary/aromatic N) is 4. The van der Waals surface area contributed by atoms with Crippen LogP contribution in [0.5, 0.6) is 0 Å². The van der Waals surface area contributed by atoms with Gasteiger partial charge < -0.3 is 5.32 Å². The van der Waals surface area contributed by atoms with Crippen molar-refractivity contribution in [1.29, 1.82) is 0 Å². The van der Waals surface area contributed by atoms with Crippen LogP contribution in [0.4, 0.5) is 0 Å². The first-order valence-electron chi connectivity index (χ1n) is 8.22. The van der Waals surface area contributed by atoms with E-state index < -0.39 is 0 Å². The summed E-state index contributed by atoms with van der Waals surface area (Å²) in [6.07, 6.45) is 3.99. The van der Waals surface area contributed by atoms with Gasteiger partial charge >= 0.3 is 0 Å². The van der Waals surface area contributed by atoms with E-state index >= 15 is 0 Å². The average Bonchev–Trinajstić information content (AvgIpc) is 2.87. The smallest absolute Gasteiger partial charge is 0.141 e. The van der Waals surface area contributed by atoms with E-state index in [-0.39, 0.29) is 11.1 Å². The SMILES string of the molecule is CCC1(CC)CNC(C)(C)CN1Cc1ncnn1C(C)C. The zero-order valence-corrected chi connectivity index (χ0v) is 14.5. The molecule has 0 spiro atoms. The maximum atomic E-state index is 4.50. The molecule has 0 unspecified atom stereocenters. The summed E-state index contributed by atoms with van der Waals surface area (Å²) in [5, 5.41) is 8.09. The summed E-state index contributed by atoms with van der Waals surface area (Å²) < 4.78 is 2.05. The molecule has 120 valence electrons. The van der Waals surface area contributed by atoms with E-state index in [9.17, 15) is 0 Å². The molecule has 0 radical (unpaired) electrons. The monoisotopic (exact) mass is 293 g/mol. The lowest BCUT2D eigenvalue weighted by atomic mass is 9.84. The van der Waals surface area contributed by atoms with Gasteiger partial charge in [0.15, 0.2) is 0 Å². The fourth-order valence-corrected chi connectivity index (χ4v) is 3.38. The Kier molecular flexibility index (Phi) is 4.73. The molecule has 0 aliphatic carbocycles. The number of aromatic nitrogens is 3. The molecule has 1 fully saturated rings. The molecule has 21 heavy (non-hydrogen) atoms. The van der Waals surface area contributed by atoms with E-state index in [1.165, 1.54) is 0 Å². The second-order valence-electron chi connectivity index (χ2n) is 7.24. The summed E-state index contributed by atoms with van der Waals surface area (Å²) in [5.74, 6) is 1.08. The topological polar surface area (TPSA) is 46.0 Å². The Morgan fingerprint density at radius 3 is 2.52 bits per heavy atom. The molecule has 1 aliphatic heterocycles. The molecule has 1 aliphatic rings. The fraction of sp³-hybridized carbons (Fsp3) is 0.875. The summed E-state index contributed by atoms with van der Waals surface area (Å²) in [4.78, 5) is 7.12. The van der Waals surface area contributed by atoms with Crippen molar-refractivity contribution in [3.8, 4) is 0 Å². The lowest BCUT2D eigenvalue weighted by Crippen LogP contribution is -2.67. The van der Waals surface area contributed by atoms with Crippen LogP contribution in [0.25, 0.3) is 0 Å². The molecule has 5 heteroatoms. The fourth-order valence-electron chi connectivity index (χ4n) is 3.38. The number of nitrogens with one attached hydrogen (secondary N) is 1. The van der Waals surface area contributed by atoms with Gasteiger partial charge in [-0.05, 0) is 40.5 Å². The van der Waals surface area contributed by atoms with Gasteiger partial charge in [-0.3, -0.25) is 4.90 Å². The molecule has 1 N–H and O–H groups in total. The van der Waals surface area contributed by atoms with Crippen LogP contribution >= 0.6 is 0 Å². The molecule has 2 heterocycles. The maximum absolute atomic E-state index is 4.50. The Balaban J connectivity index is 2.26. The van der Waals surface area contributed by atoms with Crippen LogP contribution in [-0.2, 0) is 6.54 Å². The lowest BCUT2D eigenvalue weighted by Gasteiger charge is -2.52. The van der Waals surface area contributed by atoms with Gasteiger partial charge in [0.2, 0.25) is 0 Å². The molecular weight excluding hydrogens is 262 g/mol. The van der Waals surface area contributed by atoms with Gasteiger partial charge in [0.05, 0.1) is 6.54 Å². The van der Waals surface area contributed by atoms with Gasteiger partial charge in [-0.1, -0.05) is 13.8 Å². The Bertz CT molecular complexity index is 459. The first-order valence-corrected chi connectivity index (χ1v) is 8.22. The maximum Gasteiger partial charge on any atom is 0.141 e. The van der Waals surface area contributed by atoms with Gasteiger partial charge in [-0.25, -0.2) is 9.67 Å². The minimum absolute atomic E-state index is 0.149. The zero-order chi connectivity index (χ0) is 15.7. The Morgan fingerprint density at radius 2 is 1.95 bits per heavy atom. The third-order valence-corrected chi connectivity index (χ3v) is 4.94. The normalized spacial score (nSPS) is 21.9.